The van der Waals surface area contributed by atoms with Crippen molar-refractivity contribution < 1.29 is 18.7 Å². The van der Waals surface area contributed by atoms with E-state index in [-0.39, 0.29) is 17.5 Å². The van der Waals surface area contributed by atoms with Crippen molar-refractivity contribution in [2.75, 3.05) is 7.11 Å². The largest absolute Gasteiger partial charge is 0.464 e. The Kier molecular flexibility index (Phi) is 6.95. The second-order valence-electron chi connectivity index (χ2n) is 7.85. The molecule has 0 aliphatic carbocycles. The van der Waals surface area contributed by atoms with Crippen molar-refractivity contribution in [3.05, 3.63) is 66.0 Å². The quantitative estimate of drug-likeness (QED) is 0.408. The van der Waals surface area contributed by atoms with E-state index in [0.29, 0.717) is 31.0 Å². The van der Waals surface area contributed by atoms with Crippen LogP contribution in [0.3, 0.4) is 0 Å². The SMILES string of the molecule is C=CCn1cc(CCC(=O)NC(c2nc(C(=O)OC)c(C)o2)C(C)C)c2ccccc21. The molecule has 7 heteroatoms. The number of carbonyl (C=O) groups excluding carboxylic acids is 2. The number of esters is 1. The summed E-state index contributed by atoms with van der Waals surface area (Å²) < 4.78 is 12.5. The highest BCUT2D eigenvalue weighted by Crippen LogP contribution is 2.25. The van der Waals surface area contributed by atoms with Crippen LogP contribution in [0.5, 0.6) is 0 Å². The number of carbonyl (C=O) groups is 2. The molecule has 0 aliphatic rings. The molecule has 0 radical (unpaired) electrons. The molecule has 3 rings (SSSR count). The number of aromatic nitrogens is 2. The van der Waals surface area contributed by atoms with Gasteiger partial charge in [-0.1, -0.05) is 38.1 Å². The van der Waals surface area contributed by atoms with Crippen LogP contribution >= 0.6 is 0 Å². The topological polar surface area (TPSA) is 86.4 Å². The summed E-state index contributed by atoms with van der Waals surface area (Å²) in [6.45, 7) is 10.1. The number of oxazole rings is 1. The van der Waals surface area contributed by atoms with Gasteiger partial charge in [-0.15, -0.1) is 6.58 Å². The Morgan fingerprint density at radius 3 is 2.74 bits per heavy atom. The monoisotopic (exact) mass is 423 g/mol. The van der Waals surface area contributed by atoms with E-state index in [9.17, 15) is 9.59 Å². The van der Waals surface area contributed by atoms with Crippen molar-refractivity contribution in [1.82, 2.24) is 14.9 Å². The lowest BCUT2D eigenvalue weighted by molar-refractivity contribution is -0.122. The Balaban J connectivity index is 1.73. The van der Waals surface area contributed by atoms with Crippen LogP contribution in [0.2, 0.25) is 0 Å². The summed E-state index contributed by atoms with van der Waals surface area (Å²) in [5, 5.41) is 4.15. The van der Waals surface area contributed by atoms with E-state index in [1.807, 2.05) is 32.1 Å². The van der Waals surface area contributed by atoms with Crippen molar-refractivity contribution in [3.63, 3.8) is 0 Å². The Bertz CT molecular complexity index is 1090. The average molecular weight is 424 g/mol. The number of hydrogen-bond donors (Lipinski definition) is 1. The van der Waals surface area contributed by atoms with Gasteiger partial charge in [0.25, 0.3) is 0 Å². The molecule has 31 heavy (non-hydrogen) atoms. The fourth-order valence-corrected chi connectivity index (χ4v) is 3.66. The number of benzene rings is 1. The summed E-state index contributed by atoms with van der Waals surface area (Å²) in [7, 11) is 1.30. The molecule has 0 bridgehead atoms. The number of rotatable bonds is 9. The maximum absolute atomic E-state index is 12.8. The van der Waals surface area contributed by atoms with Crippen LogP contribution in [0.15, 0.2) is 47.5 Å². The predicted octanol–water partition coefficient (Wildman–Crippen LogP) is 4.36. The Morgan fingerprint density at radius 1 is 1.32 bits per heavy atom. The van der Waals surface area contributed by atoms with E-state index in [1.165, 1.54) is 7.11 Å². The molecule has 3 aromatic rings. The van der Waals surface area contributed by atoms with Gasteiger partial charge in [-0.2, -0.15) is 0 Å². The van der Waals surface area contributed by atoms with Gasteiger partial charge in [0.2, 0.25) is 11.8 Å². The van der Waals surface area contributed by atoms with Crippen molar-refractivity contribution in [2.24, 2.45) is 5.92 Å². The van der Waals surface area contributed by atoms with Gasteiger partial charge < -0.3 is 19.0 Å². The Morgan fingerprint density at radius 2 is 2.06 bits per heavy atom. The first kappa shape index (κ1) is 22.3. The van der Waals surface area contributed by atoms with Gasteiger partial charge in [0.15, 0.2) is 5.69 Å². The summed E-state index contributed by atoms with van der Waals surface area (Å²) in [4.78, 5) is 28.9. The van der Waals surface area contributed by atoms with Gasteiger partial charge in [0.1, 0.15) is 11.8 Å². The molecule has 0 saturated heterocycles. The van der Waals surface area contributed by atoms with E-state index >= 15 is 0 Å². The summed E-state index contributed by atoms with van der Waals surface area (Å²) in [5.41, 5.74) is 2.38. The van der Waals surface area contributed by atoms with Crippen molar-refractivity contribution in [2.45, 2.75) is 46.2 Å². The van der Waals surface area contributed by atoms with E-state index in [1.54, 1.807) is 6.92 Å². The molecule has 0 aliphatic heterocycles. The molecule has 1 atom stereocenters. The maximum atomic E-state index is 12.8. The second kappa shape index (κ2) is 9.64. The van der Waals surface area contributed by atoms with E-state index in [0.717, 1.165) is 16.5 Å². The Hall–Kier alpha value is -3.35. The molecule has 0 spiro atoms. The average Bonchev–Trinajstić information content (AvgIpc) is 3.30. The number of para-hydroxylation sites is 1. The molecule has 164 valence electrons. The third kappa shape index (κ3) is 4.87. The van der Waals surface area contributed by atoms with Gasteiger partial charge in [0.05, 0.1) is 7.11 Å². The molecule has 0 saturated carbocycles. The highest BCUT2D eigenvalue weighted by Gasteiger charge is 2.27. The van der Waals surface area contributed by atoms with Crippen LogP contribution in [-0.2, 0) is 22.5 Å². The van der Waals surface area contributed by atoms with Crippen LogP contribution < -0.4 is 5.32 Å². The lowest BCUT2D eigenvalue weighted by atomic mass is 10.0. The standard InChI is InChI=1S/C24H29N3O4/c1-6-13-27-14-17(18-9-7-8-10-19(18)27)11-12-20(28)25-21(15(2)3)23-26-22(16(4)31-23)24(29)30-5/h6-10,14-15,21H,1,11-13H2,2-5H3,(H,25,28). The lowest BCUT2D eigenvalue weighted by Gasteiger charge is -2.19. The number of amides is 1. The summed E-state index contributed by atoms with van der Waals surface area (Å²) >= 11 is 0. The van der Waals surface area contributed by atoms with Crippen molar-refractivity contribution in [1.29, 1.82) is 0 Å². The zero-order valence-corrected chi connectivity index (χ0v) is 18.5. The zero-order valence-electron chi connectivity index (χ0n) is 18.5. The van der Waals surface area contributed by atoms with Crippen LogP contribution in [0, 0.1) is 12.8 Å². The van der Waals surface area contributed by atoms with Gasteiger partial charge >= 0.3 is 5.97 Å². The van der Waals surface area contributed by atoms with Crippen molar-refractivity contribution >= 4 is 22.8 Å². The smallest absolute Gasteiger partial charge is 0.360 e. The third-order valence-electron chi connectivity index (χ3n) is 5.26. The van der Waals surface area contributed by atoms with Gasteiger partial charge in [0, 0.05) is 30.1 Å². The minimum Gasteiger partial charge on any atom is -0.464 e. The van der Waals surface area contributed by atoms with Crippen LogP contribution in [0.1, 0.15) is 54.0 Å². The van der Waals surface area contributed by atoms with Gasteiger partial charge in [-0.05, 0) is 30.9 Å². The fourth-order valence-electron chi connectivity index (χ4n) is 3.66. The number of hydrogen-bond acceptors (Lipinski definition) is 5. The zero-order chi connectivity index (χ0) is 22.5. The molecule has 1 aromatic carbocycles. The minimum absolute atomic E-state index is 0.0296. The molecule has 2 aromatic heterocycles. The first-order valence-corrected chi connectivity index (χ1v) is 10.4. The Labute approximate surface area is 182 Å². The number of ether oxygens (including phenoxy) is 1. The number of methoxy groups -OCH3 is 1. The molecule has 7 nitrogen and oxygen atoms in total. The number of aryl methyl sites for hydroxylation is 2. The summed E-state index contributed by atoms with van der Waals surface area (Å²) in [6.07, 6.45) is 4.88. The lowest BCUT2D eigenvalue weighted by Crippen LogP contribution is -2.32. The number of fused-ring (bicyclic) bond motifs is 1. The van der Waals surface area contributed by atoms with E-state index < -0.39 is 12.0 Å². The maximum Gasteiger partial charge on any atom is 0.360 e. The van der Waals surface area contributed by atoms with Crippen LogP contribution in [0.25, 0.3) is 10.9 Å². The second-order valence-corrected chi connectivity index (χ2v) is 7.85. The molecule has 1 unspecified atom stereocenters. The first-order valence-electron chi connectivity index (χ1n) is 10.4. The molecule has 0 fully saturated rings. The first-order chi connectivity index (χ1) is 14.8. The van der Waals surface area contributed by atoms with Gasteiger partial charge in [-0.3, -0.25) is 4.79 Å². The minimum atomic E-state index is -0.558. The molecule has 2 heterocycles. The van der Waals surface area contributed by atoms with Crippen LogP contribution in [0.4, 0.5) is 0 Å². The molecule has 1 N–H and O–H groups in total. The molecule has 1 amide bonds. The van der Waals surface area contributed by atoms with Crippen LogP contribution in [-0.4, -0.2) is 28.5 Å². The highest BCUT2D eigenvalue weighted by atomic mass is 16.5. The third-order valence-corrected chi connectivity index (χ3v) is 5.26. The number of allylic oxidation sites excluding steroid dienone is 1. The number of nitrogens with zero attached hydrogens (tertiary/aromatic N) is 2. The fraction of sp³-hybridized carbons (Fsp3) is 0.375. The summed E-state index contributed by atoms with van der Waals surface area (Å²) in [5.74, 6) is 0.0505. The van der Waals surface area contributed by atoms with E-state index in [4.69, 9.17) is 9.15 Å². The number of nitrogens with one attached hydrogen (secondary N) is 1. The highest BCUT2D eigenvalue weighted by molar-refractivity contribution is 5.88. The summed E-state index contributed by atoms with van der Waals surface area (Å²) in [6, 6.07) is 7.71. The van der Waals surface area contributed by atoms with Crippen molar-refractivity contribution in [3.8, 4) is 0 Å². The van der Waals surface area contributed by atoms with Gasteiger partial charge in [-0.25, -0.2) is 9.78 Å². The van der Waals surface area contributed by atoms with E-state index in [2.05, 4.69) is 39.8 Å². The molecular weight excluding hydrogens is 394 g/mol. The molecular formula is C24H29N3O4. The predicted molar refractivity (Wildman–Crippen MR) is 119 cm³/mol. The normalized spacial score (nSPS) is 12.2.